The van der Waals surface area contributed by atoms with E-state index < -0.39 is 0 Å². The zero-order chi connectivity index (χ0) is 10.7. The van der Waals surface area contributed by atoms with Crippen LogP contribution in [0.25, 0.3) is 0 Å². The summed E-state index contributed by atoms with van der Waals surface area (Å²) in [5, 5.41) is 3.87. The molecule has 0 aliphatic heterocycles. The van der Waals surface area contributed by atoms with Crippen LogP contribution in [0.2, 0.25) is 5.22 Å². The highest BCUT2D eigenvalue weighted by molar-refractivity contribution is 6.28. The first-order chi connectivity index (χ1) is 7.25. The lowest BCUT2D eigenvalue weighted by molar-refractivity contribution is 0.427. The van der Waals surface area contributed by atoms with E-state index >= 15 is 0 Å². The van der Waals surface area contributed by atoms with E-state index in [0.717, 1.165) is 12.3 Å². The van der Waals surface area contributed by atoms with E-state index in [0.29, 0.717) is 11.3 Å². The van der Waals surface area contributed by atoms with Crippen molar-refractivity contribution in [1.82, 2.24) is 5.32 Å². The lowest BCUT2D eigenvalue weighted by Gasteiger charge is -2.15. The van der Waals surface area contributed by atoms with Crippen molar-refractivity contribution in [3.05, 3.63) is 23.1 Å². The van der Waals surface area contributed by atoms with Crippen molar-refractivity contribution in [2.75, 3.05) is 6.54 Å². The highest BCUT2D eigenvalue weighted by atomic mass is 35.5. The number of nitrogens with one attached hydrogen (secondary N) is 1. The van der Waals surface area contributed by atoms with Crippen LogP contribution < -0.4 is 11.1 Å². The third kappa shape index (κ3) is 2.97. The highest BCUT2D eigenvalue weighted by Crippen LogP contribution is 2.20. The van der Waals surface area contributed by atoms with Crippen LogP contribution in [0.3, 0.4) is 0 Å². The number of hydrogen-bond donors (Lipinski definition) is 2. The average Bonchev–Trinajstić information content (AvgIpc) is 2.84. The van der Waals surface area contributed by atoms with E-state index in [1.54, 1.807) is 6.07 Å². The summed E-state index contributed by atoms with van der Waals surface area (Å²) in [5.41, 5.74) is 5.97. The van der Waals surface area contributed by atoms with Gasteiger partial charge in [0, 0.05) is 12.6 Å². The maximum atomic E-state index is 5.97. The summed E-state index contributed by atoms with van der Waals surface area (Å²) in [6.07, 6.45) is 5.20. The fourth-order valence-electron chi connectivity index (χ4n) is 2.05. The van der Waals surface area contributed by atoms with Crippen LogP contribution in [0.1, 0.15) is 37.5 Å². The third-order valence-electron chi connectivity index (χ3n) is 2.94. The van der Waals surface area contributed by atoms with Gasteiger partial charge in [-0.25, -0.2) is 0 Å². The van der Waals surface area contributed by atoms with Gasteiger partial charge in [0.2, 0.25) is 0 Å². The van der Waals surface area contributed by atoms with Gasteiger partial charge in [0.05, 0.1) is 6.04 Å². The van der Waals surface area contributed by atoms with Crippen molar-refractivity contribution in [2.24, 2.45) is 5.73 Å². The van der Waals surface area contributed by atoms with Gasteiger partial charge in [0.25, 0.3) is 0 Å². The molecule has 1 aromatic heterocycles. The fourth-order valence-corrected chi connectivity index (χ4v) is 2.20. The second kappa shape index (κ2) is 5.01. The van der Waals surface area contributed by atoms with Crippen LogP contribution in [0.4, 0.5) is 0 Å². The Labute approximate surface area is 95.0 Å². The fraction of sp³-hybridized carbons (Fsp3) is 0.636. The smallest absolute Gasteiger partial charge is 0.193 e. The van der Waals surface area contributed by atoms with Crippen molar-refractivity contribution >= 4 is 11.6 Å². The van der Waals surface area contributed by atoms with Crippen molar-refractivity contribution in [3.8, 4) is 0 Å². The Morgan fingerprint density at radius 1 is 1.47 bits per heavy atom. The molecule has 15 heavy (non-hydrogen) atoms. The van der Waals surface area contributed by atoms with Crippen LogP contribution in [-0.2, 0) is 0 Å². The van der Waals surface area contributed by atoms with Gasteiger partial charge in [0.1, 0.15) is 5.76 Å². The van der Waals surface area contributed by atoms with E-state index in [1.165, 1.54) is 25.7 Å². The number of hydrogen-bond acceptors (Lipinski definition) is 3. The first-order valence-electron chi connectivity index (χ1n) is 5.50. The summed E-state index contributed by atoms with van der Waals surface area (Å²) in [5.74, 6) is 0.755. The van der Waals surface area contributed by atoms with Crippen molar-refractivity contribution in [2.45, 2.75) is 37.8 Å². The van der Waals surface area contributed by atoms with Gasteiger partial charge in [0.15, 0.2) is 5.22 Å². The Bertz CT molecular complexity index is 307. The van der Waals surface area contributed by atoms with Crippen molar-refractivity contribution in [3.63, 3.8) is 0 Å². The molecule has 0 amide bonds. The lowest BCUT2D eigenvalue weighted by Crippen LogP contribution is -2.33. The minimum atomic E-state index is -0.0990. The molecule has 84 valence electrons. The SMILES string of the molecule is NC(CNC1CCCC1)c1ccc(Cl)o1. The molecule has 4 heteroatoms. The molecule has 3 N–H and O–H groups in total. The lowest BCUT2D eigenvalue weighted by atomic mass is 10.2. The molecule has 1 fully saturated rings. The maximum Gasteiger partial charge on any atom is 0.193 e. The number of furan rings is 1. The molecule has 0 aromatic carbocycles. The Balaban J connectivity index is 1.79. The van der Waals surface area contributed by atoms with Gasteiger partial charge in [-0.1, -0.05) is 12.8 Å². The Kier molecular flexibility index (Phi) is 3.67. The van der Waals surface area contributed by atoms with Crippen LogP contribution in [0.5, 0.6) is 0 Å². The second-order valence-electron chi connectivity index (χ2n) is 4.14. The van der Waals surface area contributed by atoms with Gasteiger partial charge in [-0.3, -0.25) is 0 Å². The van der Waals surface area contributed by atoms with Gasteiger partial charge >= 0.3 is 0 Å². The van der Waals surface area contributed by atoms with Gasteiger partial charge in [-0.05, 0) is 36.6 Å². The molecule has 1 saturated carbocycles. The first-order valence-corrected chi connectivity index (χ1v) is 5.87. The zero-order valence-corrected chi connectivity index (χ0v) is 9.46. The molecule has 1 aromatic rings. The topological polar surface area (TPSA) is 51.2 Å². The first kappa shape index (κ1) is 11.0. The summed E-state index contributed by atoms with van der Waals surface area (Å²) in [6, 6.07) is 4.11. The average molecular weight is 229 g/mol. The standard InChI is InChI=1S/C11H17ClN2O/c12-11-6-5-10(15-11)9(13)7-14-8-3-1-2-4-8/h5-6,8-9,14H,1-4,7,13H2. The molecule has 2 rings (SSSR count). The number of rotatable bonds is 4. The van der Waals surface area contributed by atoms with E-state index in [9.17, 15) is 0 Å². The number of halogens is 1. The summed E-state index contributed by atoms with van der Waals surface area (Å²) >= 11 is 5.69. The molecule has 0 bridgehead atoms. The minimum absolute atomic E-state index is 0.0990. The van der Waals surface area contributed by atoms with E-state index in [4.69, 9.17) is 21.8 Å². The van der Waals surface area contributed by atoms with Crippen LogP contribution in [0.15, 0.2) is 16.5 Å². The van der Waals surface area contributed by atoms with Crippen LogP contribution in [0, 0.1) is 0 Å². The zero-order valence-electron chi connectivity index (χ0n) is 8.71. The molecule has 1 aliphatic carbocycles. The molecule has 0 spiro atoms. The normalized spacial score (nSPS) is 19.6. The molecular weight excluding hydrogens is 212 g/mol. The molecule has 1 unspecified atom stereocenters. The summed E-state index contributed by atoms with van der Waals surface area (Å²) in [4.78, 5) is 0. The van der Waals surface area contributed by atoms with Crippen LogP contribution >= 0.6 is 11.6 Å². The van der Waals surface area contributed by atoms with Gasteiger partial charge in [-0.2, -0.15) is 0 Å². The number of nitrogens with two attached hydrogens (primary N) is 1. The molecule has 0 saturated heterocycles. The molecule has 3 nitrogen and oxygen atoms in total. The summed E-state index contributed by atoms with van der Waals surface area (Å²) in [6.45, 7) is 0.758. The van der Waals surface area contributed by atoms with Gasteiger partial charge < -0.3 is 15.5 Å². The predicted octanol–water partition coefficient (Wildman–Crippen LogP) is 2.46. The quantitative estimate of drug-likeness (QED) is 0.833. The van der Waals surface area contributed by atoms with Crippen LogP contribution in [-0.4, -0.2) is 12.6 Å². The van der Waals surface area contributed by atoms with E-state index in [2.05, 4.69) is 5.32 Å². The Hall–Kier alpha value is -0.510. The predicted molar refractivity (Wildman–Crippen MR) is 60.9 cm³/mol. The van der Waals surface area contributed by atoms with E-state index in [1.807, 2.05) is 6.07 Å². The molecule has 1 heterocycles. The summed E-state index contributed by atoms with van der Waals surface area (Å²) < 4.78 is 5.26. The van der Waals surface area contributed by atoms with Crippen molar-refractivity contribution < 1.29 is 4.42 Å². The molecule has 1 aliphatic rings. The third-order valence-corrected chi connectivity index (χ3v) is 3.14. The highest BCUT2D eigenvalue weighted by Gasteiger charge is 2.16. The molecule has 1 atom stereocenters. The maximum absolute atomic E-state index is 5.97. The molecule has 0 radical (unpaired) electrons. The second-order valence-corrected chi connectivity index (χ2v) is 4.51. The Morgan fingerprint density at radius 2 is 2.20 bits per heavy atom. The van der Waals surface area contributed by atoms with E-state index in [-0.39, 0.29) is 6.04 Å². The Morgan fingerprint density at radius 3 is 2.80 bits per heavy atom. The van der Waals surface area contributed by atoms with Crippen molar-refractivity contribution in [1.29, 1.82) is 0 Å². The monoisotopic (exact) mass is 228 g/mol. The summed E-state index contributed by atoms with van der Waals surface area (Å²) in [7, 11) is 0. The molecular formula is C11H17ClN2O. The largest absolute Gasteiger partial charge is 0.448 e. The van der Waals surface area contributed by atoms with Gasteiger partial charge in [-0.15, -0.1) is 0 Å². The minimum Gasteiger partial charge on any atom is -0.448 e.